The van der Waals surface area contributed by atoms with Gasteiger partial charge in [-0.05, 0) is 73.2 Å². The molecule has 2 aliphatic heterocycles. The molecule has 8 heteroatoms. The lowest BCUT2D eigenvalue weighted by atomic mass is 9.71. The van der Waals surface area contributed by atoms with Gasteiger partial charge in [-0.15, -0.1) is 0 Å². The summed E-state index contributed by atoms with van der Waals surface area (Å²) in [6.45, 7) is 6.91. The molecule has 1 unspecified atom stereocenters. The number of methoxy groups -OCH3 is 3. The summed E-state index contributed by atoms with van der Waals surface area (Å²) in [5.74, 6) is 2.90. The van der Waals surface area contributed by atoms with Crippen molar-refractivity contribution in [3.05, 3.63) is 113 Å². The molecule has 1 saturated heterocycles. The number of para-hydroxylation sites is 2. The quantitative estimate of drug-likeness (QED) is 0.140. The maximum absolute atomic E-state index is 14.3. The molecular formula is C41H49N3O5. The van der Waals surface area contributed by atoms with Crippen LogP contribution in [0.25, 0.3) is 0 Å². The molecule has 0 aromatic heterocycles. The van der Waals surface area contributed by atoms with Crippen molar-refractivity contribution in [1.82, 2.24) is 9.80 Å². The number of likely N-dealkylation sites (N-methyl/N-ethyl adjacent to an activating group) is 1. The Morgan fingerprint density at radius 2 is 1.27 bits per heavy atom. The zero-order valence-electron chi connectivity index (χ0n) is 29.3. The van der Waals surface area contributed by atoms with Gasteiger partial charge in [-0.1, -0.05) is 66.7 Å². The predicted molar refractivity (Wildman–Crippen MR) is 195 cm³/mol. The normalized spacial score (nSPS) is 18.0. The number of carbonyl (C=O) groups is 1. The summed E-state index contributed by atoms with van der Waals surface area (Å²) in [6.07, 6.45) is 3.51. The summed E-state index contributed by atoms with van der Waals surface area (Å²) in [6, 6.07) is 30.7. The molecule has 258 valence electrons. The molecule has 0 spiro atoms. The van der Waals surface area contributed by atoms with Gasteiger partial charge in [0, 0.05) is 51.0 Å². The monoisotopic (exact) mass is 663 g/mol. The van der Waals surface area contributed by atoms with Crippen molar-refractivity contribution in [3.63, 3.8) is 0 Å². The summed E-state index contributed by atoms with van der Waals surface area (Å²) < 4.78 is 23.1. The predicted octanol–water partition coefficient (Wildman–Crippen LogP) is 6.24. The lowest BCUT2D eigenvalue weighted by molar-refractivity contribution is -0.121. The molecule has 2 aliphatic rings. The van der Waals surface area contributed by atoms with Crippen LogP contribution in [0, 0.1) is 0 Å². The molecule has 2 heterocycles. The van der Waals surface area contributed by atoms with Crippen LogP contribution in [0.15, 0.2) is 91.0 Å². The van der Waals surface area contributed by atoms with E-state index in [1.165, 1.54) is 5.56 Å². The minimum absolute atomic E-state index is 0.0798. The lowest BCUT2D eigenvalue weighted by Crippen LogP contribution is -2.47. The SMILES string of the molecule is COc1cc(CCN2CCN(CCCCOc3ccccc3C3(Cc4ccccc4)C(=O)N(C)c4ccccc43)CC2)cc(OC)c1OC. The van der Waals surface area contributed by atoms with Crippen LogP contribution in [0.2, 0.25) is 0 Å². The van der Waals surface area contributed by atoms with Crippen molar-refractivity contribution in [2.45, 2.75) is 31.1 Å². The molecule has 0 bridgehead atoms. The molecule has 0 saturated carbocycles. The van der Waals surface area contributed by atoms with Crippen molar-refractivity contribution >= 4 is 11.6 Å². The highest BCUT2D eigenvalue weighted by molar-refractivity contribution is 6.10. The molecule has 8 nitrogen and oxygen atoms in total. The first-order valence-electron chi connectivity index (χ1n) is 17.4. The summed E-state index contributed by atoms with van der Waals surface area (Å²) in [5, 5.41) is 0. The molecule has 1 atom stereocenters. The number of anilines is 1. The number of hydrogen-bond donors (Lipinski definition) is 0. The van der Waals surface area contributed by atoms with Crippen LogP contribution in [0.1, 0.15) is 35.1 Å². The van der Waals surface area contributed by atoms with Crippen LogP contribution in [0.3, 0.4) is 0 Å². The number of ether oxygens (including phenoxy) is 4. The maximum Gasteiger partial charge on any atom is 0.242 e. The first-order chi connectivity index (χ1) is 24.0. The molecule has 0 aliphatic carbocycles. The number of hydrogen-bond acceptors (Lipinski definition) is 7. The zero-order valence-corrected chi connectivity index (χ0v) is 29.3. The number of fused-ring (bicyclic) bond motifs is 1. The molecule has 4 aromatic rings. The number of unbranched alkanes of at least 4 members (excludes halogenated alkanes) is 1. The highest BCUT2D eigenvalue weighted by Crippen LogP contribution is 2.50. The Bertz CT molecular complexity index is 1680. The van der Waals surface area contributed by atoms with E-state index in [0.29, 0.717) is 30.3 Å². The third-order valence-electron chi connectivity index (χ3n) is 10.1. The largest absolute Gasteiger partial charge is 0.493 e. The van der Waals surface area contributed by atoms with Crippen molar-refractivity contribution in [2.75, 3.05) is 79.2 Å². The van der Waals surface area contributed by atoms with Crippen LogP contribution < -0.4 is 23.8 Å². The van der Waals surface area contributed by atoms with E-state index in [2.05, 4.69) is 34.1 Å². The Balaban J connectivity index is 1.02. The Morgan fingerprint density at radius 3 is 1.94 bits per heavy atom. The fourth-order valence-electron chi connectivity index (χ4n) is 7.43. The molecular weight excluding hydrogens is 614 g/mol. The Kier molecular flexibility index (Phi) is 11.1. The second-order valence-electron chi connectivity index (χ2n) is 13.0. The fraction of sp³-hybridized carbons (Fsp3) is 0.390. The molecule has 1 amide bonds. The van der Waals surface area contributed by atoms with E-state index in [0.717, 1.165) is 86.7 Å². The average molecular weight is 664 g/mol. The highest BCUT2D eigenvalue weighted by Gasteiger charge is 2.52. The molecule has 0 radical (unpaired) electrons. The Morgan fingerprint density at radius 1 is 0.653 bits per heavy atom. The number of amides is 1. The summed E-state index contributed by atoms with van der Waals surface area (Å²) in [7, 11) is 6.83. The van der Waals surface area contributed by atoms with Crippen LogP contribution >= 0.6 is 0 Å². The van der Waals surface area contributed by atoms with Crippen molar-refractivity contribution in [3.8, 4) is 23.0 Å². The van der Waals surface area contributed by atoms with Gasteiger partial charge in [-0.25, -0.2) is 0 Å². The van der Waals surface area contributed by atoms with Gasteiger partial charge >= 0.3 is 0 Å². The van der Waals surface area contributed by atoms with Gasteiger partial charge in [0.1, 0.15) is 11.2 Å². The van der Waals surface area contributed by atoms with Gasteiger partial charge < -0.3 is 33.6 Å². The second-order valence-corrected chi connectivity index (χ2v) is 13.0. The average Bonchev–Trinajstić information content (AvgIpc) is 3.36. The topological polar surface area (TPSA) is 63.7 Å². The van der Waals surface area contributed by atoms with Gasteiger partial charge in [0.05, 0.1) is 27.9 Å². The number of nitrogens with zero attached hydrogens (tertiary/aromatic N) is 3. The van der Waals surface area contributed by atoms with E-state index in [1.54, 1.807) is 21.3 Å². The van der Waals surface area contributed by atoms with Crippen LogP contribution in [0.4, 0.5) is 5.69 Å². The highest BCUT2D eigenvalue weighted by atomic mass is 16.5. The van der Waals surface area contributed by atoms with E-state index in [-0.39, 0.29) is 5.91 Å². The van der Waals surface area contributed by atoms with Crippen LogP contribution in [-0.4, -0.2) is 90.0 Å². The molecule has 1 fully saturated rings. The molecule has 0 N–H and O–H groups in total. The van der Waals surface area contributed by atoms with Crippen molar-refractivity contribution in [2.24, 2.45) is 0 Å². The van der Waals surface area contributed by atoms with Gasteiger partial charge in [-0.3, -0.25) is 4.79 Å². The fourth-order valence-corrected chi connectivity index (χ4v) is 7.43. The van der Waals surface area contributed by atoms with Crippen LogP contribution in [0.5, 0.6) is 23.0 Å². The van der Waals surface area contributed by atoms with E-state index >= 15 is 0 Å². The Hall–Kier alpha value is -4.53. The van der Waals surface area contributed by atoms with E-state index in [1.807, 2.05) is 78.7 Å². The van der Waals surface area contributed by atoms with E-state index in [9.17, 15) is 4.79 Å². The number of benzene rings is 4. The van der Waals surface area contributed by atoms with E-state index < -0.39 is 5.41 Å². The second kappa shape index (κ2) is 15.8. The van der Waals surface area contributed by atoms with Gasteiger partial charge in [0.2, 0.25) is 11.7 Å². The smallest absolute Gasteiger partial charge is 0.242 e. The molecule has 4 aromatic carbocycles. The molecule has 6 rings (SSSR count). The summed E-state index contributed by atoms with van der Waals surface area (Å²) in [5.41, 5.74) is 4.37. The van der Waals surface area contributed by atoms with Crippen LogP contribution in [-0.2, 0) is 23.1 Å². The van der Waals surface area contributed by atoms with Gasteiger partial charge in [0.25, 0.3) is 0 Å². The van der Waals surface area contributed by atoms with E-state index in [4.69, 9.17) is 18.9 Å². The number of piperazine rings is 1. The summed E-state index contributed by atoms with van der Waals surface area (Å²) in [4.78, 5) is 21.2. The Labute approximate surface area is 291 Å². The minimum atomic E-state index is -0.853. The third-order valence-corrected chi connectivity index (χ3v) is 10.1. The zero-order chi connectivity index (χ0) is 34.2. The lowest BCUT2D eigenvalue weighted by Gasteiger charge is -2.34. The third kappa shape index (κ3) is 7.26. The standard InChI is InChI=1S/C41H49N3O5/c1-42-35-18-10-8-16-33(35)41(40(42)45,30-31-14-6-5-7-15-31)34-17-9-11-19-36(34)49-27-13-12-21-43-23-25-44(26-24-43)22-20-32-28-37(46-2)39(48-4)38(29-32)47-3/h5-11,14-19,28-29H,12-13,20-27,30H2,1-4H3. The number of carbonyl (C=O) groups excluding carboxylic acids is 1. The van der Waals surface area contributed by atoms with Crippen molar-refractivity contribution < 1.29 is 23.7 Å². The minimum Gasteiger partial charge on any atom is -0.493 e. The summed E-state index contributed by atoms with van der Waals surface area (Å²) >= 11 is 0. The maximum atomic E-state index is 14.3. The van der Waals surface area contributed by atoms with Gasteiger partial charge in [-0.2, -0.15) is 0 Å². The molecule has 49 heavy (non-hydrogen) atoms. The van der Waals surface area contributed by atoms with Gasteiger partial charge in [0.15, 0.2) is 11.5 Å². The first kappa shape index (κ1) is 34.3. The number of rotatable bonds is 15. The van der Waals surface area contributed by atoms with Crippen molar-refractivity contribution in [1.29, 1.82) is 0 Å². The first-order valence-corrected chi connectivity index (χ1v) is 17.4.